The van der Waals surface area contributed by atoms with Gasteiger partial charge in [-0.15, -0.1) is 0 Å². The van der Waals surface area contributed by atoms with E-state index in [2.05, 4.69) is 4.99 Å². The van der Waals surface area contributed by atoms with E-state index < -0.39 is 18.0 Å². The first-order valence-electron chi connectivity index (χ1n) is 9.51. The van der Waals surface area contributed by atoms with Crippen molar-refractivity contribution in [3.8, 4) is 5.75 Å². The third-order valence-electron chi connectivity index (χ3n) is 4.54. The molecule has 0 N–H and O–H groups in total. The van der Waals surface area contributed by atoms with Gasteiger partial charge in [0.25, 0.3) is 0 Å². The van der Waals surface area contributed by atoms with Crippen molar-refractivity contribution in [3.05, 3.63) is 41.1 Å². The summed E-state index contributed by atoms with van der Waals surface area (Å²) in [6, 6.07) is 6.15. The summed E-state index contributed by atoms with van der Waals surface area (Å²) < 4.78 is 10.5. The van der Waals surface area contributed by atoms with Crippen LogP contribution in [0.15, 0.2) is 40.5 Å². The molecule has 1 aromatic carbocycles. The summed E-state index contributed by atoms with van der Waals surface area (Å²) in [5.74, 6) is -0.593. The average Bonchev–Trinajstić information content (AvgIpc) is 2.95. The molecular formula is C21H24N2O5S. The minimum absolute atomic E-state index is 0.0762. The number of rotatable bonds is 5. The number of thioether (sulfide) groups is 1. The SMILES string of the molecule is CC[C@H]1SC2=NC(C)=C(C(=O)OC(C)C)[C@@H](c3ccc(OC(C)=O)cc3)N2C1=O. The van der Waals surface area contributed by atoms with Crippen molar-refractivity contribution < 1.29 is 23.9 Å². The van der Waals surface area contributed by atoms with Crippen LogP contribution in [0.5, 0.6) is 5.75 Å². The molecule has 0 spiro atoms. The third kappa shape index (κ3) is 4.22. The van der Waals surface area contributed by atoms with Crippen LogP contribution >= 0.6 is 11.8 Å². The monoisotopic (exact) mass is 416 g/mol. The normalized spacial score (nSPS) is 21.2. The summed E-state index contributed by atoms with van der Waals surface area (Å²) in [4.78, 5) is 43.2. The zero-order valence-corrected chi connectivity index (χ0v) is 17.9. The summed E-state index contributed by atoms with van der Waals surface area (Å²) >= 11 is 1.41. The van der Waals surface area contributed by atoms with Crippen LogP contribution in [0.1, 0.15) is 52.6 Å². The molecule has 3 rings (SSSR count). The summed E-state index contributed by atoms with van der Waals surface area (Å²) in [6.07, 6.45) is 0.370. The summed E-state index contributed by atoms with van der Waals surface area (Å²) in [5.41, 5.74) is 1.59. The topological polar surface area (TPSA) is 85.3 Å². The number of hydrogen-bond acceptors (Lipinski definition) is 7. The molecule has 2 heterocycles. The van der Waals surface area contributed by atoms with Gasteiger partial charge in [-0.25, -0.2) is 9.79 Å². The summed E-state index contributed by atoms with van der Waals surface area (Å²) in [6.45, 7) is 8.59. The Labute approximate surface area is 174 Å². The Bertz CT molecular complexity index is 904. The molecule has 1 aromatic rings. The molecule has 1 fully saturated rings. The quantitative estimate of drug-likeness (QED) is 0.539. The lowest BCUT2D eigenvalue weighted by molar-refractivity contribution is -0.143. The number of fused-ring (bicyclic) bond motifs is 1. The molecule has 29 heavy (non-hydrogen) atoms. The van der Waals surface area contributed by atoms with Crippen LogP contribution in [0.4, 0.5) is 0 Å². The van der Waals surface area contributed by atoms with Gasteiger partial charge in [0.05, 0.1) is 28.7 Å². The fourth-order valence-corrected chi connectivity index (χ4v) is 4.46. The van der Waals surface area contributed by atoms with E-state index in [0.717, 1.165) is 0 Å². The highest BCUT2D eigenvalue weighted by atomic mass is 32.2. The first kappa shape index (κ1) is 21.1. The smallest absolute Gasteiger partial charge is 0.338 e. The van der Waals surface area contributed by atoms with Crippen molar-refractivity contribution in [1.29, 1.82) is 0 Å². The number of amides is 1. The van der Waals surface area contributed by atoms with Crippen molar-refractivity contribution in [2.24, 2.45) is 4.99 Å². The lowest BCUT2D eigenvalue weighted by atomic mass is 9.94. The van der Waals surface area contributed by atoms with Crippen molar-refractivity contribution in [2.45, 2.75) is 58.4 Å². The molecule has 8 heteroatoms. The van der Waals surface area contributed by atoms with E-state index in [1.165, 1.54) is 18.7 Å². The third-order valence-corrected chi connectivity index (χ3v) is 5.86. The lowest BCUT2D eigenvalue weighted by Crippen LogP contribution is -2.41. The Morgan fingerprint density at radius 2 is 1.90 bits per heavy atom. The Hall–Kier alpha value is -2.61. The van der Waals surface area contributed by atoms with Gasteiger partial charge in [-0.1, -0.05) is 30.8 Å². The van der Waals surface area contributed by atoms with E-state index in [1.807, 2.05) is 6.92 Å². The minimum Gasteiger partial charge on any atom is -0.459 e. The van der Waals surface area contributed by atoms with E-state index in [1.54, 1.807) is 49.9 Å². The van der Waals surface area contributed by atoms with Crippen LogP contribution in [0, 0.1) is 0 Å². The van der Waals surface area contributed by atoms with Crippen molar-refractivity contribution >= 4 is 34.8 Å². The number of carbonyl (C=O) groups excluding carboxylic acids is 3. The molecule has 0 bridgehead atoms. The average molecular weight is 416 g/mol. The first-order valence-corrected chi connectivity index (χ1v) is 10.4. The largest absolute Gasteiger partial charge is 0.459 e. The molecule has 154 valence electrons. The van der Waals surface area contributed by atoms with Gasteiger partial charge in [-0.2, -0.15) is 0 Å². The number of allylic oxidation sites excluding steroid dienone is 1. The second-order valence-electron chi connectivity index (χ2n) is 7.14. The summed E-state index contributed by atoms with van der Waals surface area (Å²) in [7, 11) is 0. The predicted octanol–water partition coefficient (Wildman–Crippen LogP) is 3.60. The molecule has 2 atom stereocenters. The van der Waals surface area contributed by atoms with Gasteiger partial charge in [0, 0.05) is 6.92 Å². The van der Waals surface area contributed by atoms with Gasteiger partial charge < -0.3 is 9.47 Å². The first-order chi connectivity index (χ1) is 13.7. The van der Waals surface area contributed by atoms with Crippen LogP contribution in [0.25, 0.3) is 0 Å². The van der Waals surface area contributed by atoms with Gasteiger partial charge in [0.2, 0.25) is 5.91 Å². The highest BCUT2D eigenvalue weighted by Crippen LogP contribution is 2.44. The fraction of sp³-hybridized carbons (Fsp3) is 0.429. The van der Waals surface area contributed by atoms with Crippen LogP contribution in [0.2, 0.25) is 0 Å². The Morgan fingerprint density at radius 1 is 1.24 bits per heavy atom. The van der Waals surface area contributed by atoms with Crippen LogP contribution in [-0.2, 0) is 19.1 Å². The van der Waals surface area contributed by atoms with Crippen LogP contribution in [-0.4, -0.2) is 39.3 Å². The molecule has 2 aliphatic rings. The number of amidine groups is 1. The zero-order valence-electron chi connectivity index (χ0n) is 17.1. The minimum atomic E-state index is -0.642. The molecular weight excluding hydrogens is 392 g/mol. The van der Waals surface area contributed by atoms with Gasteiger partial charge in [-0.05, 0) is 44.9 Å². The van der Waals surface area contributed by atoms with Gasteiger partial charge >= 0.3 is 11.9 Å². The number of carbonyl (C=O) groups is 3. The van der Waals surface area contributed by atoms with E-state index >= 15 is 0 Å². The van der Waals surface area contributed by atoms with Gasteiger partial charge in [-0.3, -0.25) is 14.5 Å². The van der Waals surface area contributed by atoms with E-state index in [4.69, 9.17) is 9.47 Å². The van der Waals surface area contributed by atoms with Crippen molar-refractivity contribution in [3.63, 3.8) is 0 Å². The molecule has 2 aliphatic heterocycles. The van der Waals surface area contributed by atoms with Crippen molar-refractivity contribution in [1.82, 2.24) is 4.90 Å². The summed E-state index contributed by atoms with van der Waals surface area (Å²) in [5, 5.41) is 0.361. The van der Waals surface area contributed by atoms with E-state index in [9.17, 15) is 14.4 Å². The van der Waals surface area contributed by atoms with Gasteiger partial charge in [0.1, 0.15) is 5.75 Å². The maximum atomic E-state index is 13.0. The van der Waals surface area contributed by atoms with E-state index in [-0.39, 0.29) is 17.3 Å². The number of esters is 2. The standard InChI is InChI=1S/C21H24N2O5S/c1-6-16-19(25)23-18(14-7-9-15(10-8-14)28-13(5)24)17(20(26)27-11(2)3)12(4)22-21(23)29-16/h7-11,16,18H,6H2,1-5H3/t16-,18-/m1/s1. The second-order valence-corrected chi connectivity index (χ2v) is 8.31. The maximum Gasteiger partial charge on any atom is 0.338 e. The molecule has 0 aromatic heterocycles. The maximum absolute atomic E-state index is 13.0. The fourth-order valence-electron chi connectivity index (χ4n) is 3.33. The number of nitrogens with zero attached hydrogens (tertiary/aromatic N) is 2. The molecule has 1 amide bonds. The highest BCUT2D eigenvalue weighted by Gasteiger charge is 2.47. The van der Waals surface area contributed by atoms with Crippen LogP contribution < -0.4 is 4.74 Å². The Morgan fingerprint density at radius 3 is 2.45 bits per heavy atom. The molecule has 0 aliphatic carbocycles. The highest BCUT2D eigenvalue weighted by molar-refractivity contribution is 8.15. The zero-order chi connectivity index (χ0) is 21.3. The number of hydrogen-bond donors (Lipinski definition) is 0. The molecule has 0 radical (unpaired) electrons. The second kappa shape index (κ2) is 8.41. The van der Waals surface area contributed by atoms with Crippen LogP contribution in [0.3, 0.4) is 0 Å². The Kier molecular flexibility index (Phi) is 6.12. The molecule has 7 nitrogen and oxygen atoms in total. The lowest BCUT2D eigenvalue weighted by Gasteiger charge is -2.33. The molecule has 0 unspecified atom stereocenters. The van der Waals surface area contributed by atoms with Crippen molar-refractivity contribution in [2.75, 3.05) is 0 Å². The number of benzene rings is 1. The molecule has 0 saturated carbocycles. The van der Waals surface area contributed by atoms with Gasteiger partial charge in [0.15, 0.2) is 5.17 Å². The van der Waals surface area contributed by atoms with E-state index in [0.29, 0.717) is 34.2 Å². The predicted molar refractivity (Wildman–Crippen MR) is 110 cm³/mol. The molecule has 1 saturated heterocycles. The number of aliphatic imine (C=N–C) groups is 1. The Balaban J connectivity index is 2.07. The number of ether oxygens (including phenoxy) is 2.